The minimum atomic E-state index is -3.68. The summed E-state index contributed by atoms with van der Waals surface area (Å²) in [6.45, 7) is 1.92. The molecule has 3 rings (SSSR count). The highest BCUT2D eigenvalue weighted by molar-refractivity contribution is 7.92. The first-order chi connectivity index (χ1) is 9.89. The topological polar surface area (TPSA) is 63.4 Å². The fourth-order valence-corrected chi connectivity index (χ4v) is 4.13. The van der Waals surface area contributed by atoms with Crippen LogP contribution in [0.25, 0.3) is 0 Å². The maximum atomic E-state index is 13.3. The van der Waals surface area contributed by atoms with Gasteiger partial charge >= 0.3 is 0 Å². The normalized spacial score (nSPS) is 14.3. The Morgan fingerprint density at radius 2 is 1.95 bits per heavy atom. The van der Waals surface area contributed by atoms with Gasteiger partial charge in [-0.2, -0.15) is 0 Å². The van der Waals surface area contributed by atoms with E-state index in [1.807, 2.05) is 0 Å². The van der Waals surface area contributed by atoms with Crippen LogP contribution >= 0.6 is 0 Å². The molecule has 2 aromatic carbocycles. The number of rotatable bonds is 2. The Labute approximate surface area is 123 Å². The molecular formula is C15H15FN2O2S. The summed E-state index contributed by atoms with van der Waals surface area (Å²) in [6, 6.07) is 9.03. The monoisotopic (exact) mass is 306 g/mol. The molecule has 1 aliphatic heterocycles. The molecule has 0 aromatic heterocycles. The van der Waals surface area contributed by atoms with Gasteiger partial charge in [-0.15, -0.1) is 0 Å². The van der Waals surface area contributed by atoms with Crippen molar-refractivity contribution < 1.29 is 12.8 Å². The second-order valence-electron chi connectivity index (χ2n) is 5.13. The molecule has 2 aromatic rings. The Morgan fingerprint density at radius 3 is 2.67 bits per heavy atom. The Morgan fingerprint density at radius 1 is 1.19 bits per heavy atom. The second kappa shape index (κ2) is 4.73. The van der Waals surface area contributed by atoms with Gasteiger partial charge in [0.2, 0.25) is 0 Å². The van der Waals surface area contributed by atoms with Gasteiger partial charge in [0.15, 0.2) is 0 Å². The third-order valence-corrected chi connectivity index (χ3v) is 5.48. The number of hydrogen-bond acceptors (Lipinski definition) is 3. The first-order valence-corrected chi connectivity index (χ1v) is 8.01. The lowest BCUT2D eigenvalue weighted by atomic mass is 10.1. The third-order valence-electron chi connectivity index (χ3n) is 3.67. The van der Waals surface area contributed by atoms with Crippen LogP contribution in [0.5, 0.6) is 0 Å². The van der Waals surface area contributed by atoms with Gasteiger partial charge in [-0.3, -0.25) is 4.31 Å². The molecule has 0 bridgehead atoms. The molecule has 0 saturated carbocycles. The molecule has 0 spiro atoms. The van der Waals surface area contributed by atoms with Crippen molar-refractivity contribution in [3.63, 3.8) is 0 Å². The summed E-state index contributed by atoms with van der Waals surface area (Å²) in [4.78, 5) is 0.103. The van der Waals surface area contributed by atoms with Crippen molar-refractivity contribution >= 4 is 21.4 Å². The number of benzene rings is 2. The Kier molecular flexibility index (Phi) is 3.13. The van der Waals surface area contributed by atoms with E-state index in [0.717, 1.165) is 5.56 Å². The van der Waals surface area contributed by atoms with Crippen LogP contribution < -0.4 is 10.0 Å². The van der Waals surface area contributed by atoms with Crippen molar-refractivity contribution in [3.8, 4) is 0 Å². The van der Waals surface area contributed by atoms with E-state index in [-0.39, 0.29) is 4.90 Å². The average molecular weight is 306 g/mol. The highest BCUT2D eigenvalue weighted by Gasteiger charge is 2.31. The lowest BCUT2D eigenvalue weighted by Gasteiger charge is -2.20. The summed E-state index contributed by atoms with van der Waals surface area (Å²) in [7, 11) is -3.68. The lowest BCUT2D eigenvalue weighted by Crippen LogP contribution is -2.29. The van der Waals surface area contributed by atoms with Crippen LogP contribution in [0.15, 0.2) is 41.3 Å². The quantitative estimate of drug-likeness (QED) is 0.867. The zero-order valence-corrected chi connectivity index (χ0v) is 12.3. The van der Waals surface area contributed by atoms with E-state index in [4.69, 9.17) is 5.73 Å². The van der Waals surface area contributed by atoms with E-state index >= 15 is 0 Å². The van der Waals surface area contributed by atoms with E-state index < -0.39 is 15.8 Å². The van der Waals surface area contributed by atoms with E-state index in [9.17, 15) is 12.8 Å². The molecule has 1 heterocycles. The Hall–Kier alpha value is -2.08. The van der Waals surface area contributed by atoms with Crippen molar-refractivity contribution in [2.45, 2.75) is 18.2 Å². The molecule has 1 aliphatic rings. The fourth-order valence-electron chi connectivity index (χ4n) is 2.55. The predicted octanol–water partition coefficient (Wildman–Crippen LogP) is 2.47. The Balaban J connectivity index is 2.07. The van der Waals surface area contributed by atoms with Gasteiger partial charge in [0.1, 0.15) is 5.82 Å². The van der Waals surface area contributed by atoms with Crippen molar-refractivity contribution in [1.82, 2.24) is 0 Å². The number of sulfonamides is 1. The first kappa shape index (κ1) is 13.9. The molecule has 110 valence electrons. The molecule has 6 heteroatoms. The number of aryl methyl sites for hydroxylation is 1. The predicted molar refractivity (Wildman–Crippen MR) is 80.2 cm³/mol. The number of anilines is 2. The van der Waals surface area contributed by atoms with Crippen LogP contribution in [0.3, 0.4) is 0 Å². The number of fused-ring (bicyclic) bond motifs is 1. The van der Waals surface area contributed by atoms with Crippen LogP contribution in [0.1, 0.15) is 11.1 Å². The molecule has 0 aliphatic carbocycles. The van der Waals surface area contributed by atoms with Crippen molar-refractivity contribution in [1.29, 1.82) is 0 Å². The minimum Gasteiger partial charge on any atom is -0.399 e. The third kappa shape index (κ3) is 2.25. The van der Waals surface area contributed by atoms with Gasteiger partial charge in [-0.1, -0.05) is 0 Å². The van der Waals surface area contributed by atoms with E-state index in [2.05, 4.69) is 0 Å². The number of nitrogens with zero attached hydrogens (tertiary/aromatic N) is 1. The van der Waals surface area contributed by atoms with Crippen molar-refractivity contribution in [2.24, 2.45) is 0 Å². The van der Waals surface area contributed by atoms with Gasteiger partial charge in [0, 0.05) is 12.2 Å². The molecule has 0 amide bonds. The maximum absolute atomic E-state index is 13.3. The minimum absolute atomic E-state index is 0.103. The summed E-state index contributed by atoms with van der Waals surface area (Å²) in [5.74, 6) is -0.413. The molecule has 0 radical (unpaired) electrons. The SMILES string of the molecule is Cc1cc(S(=O)(=O)N2CCc3cc(N)ccc32)ccc1F. The molecule has 21 heavy (non-hydrogen) atoms. The van der Waals surface area contributed by atoms with Crippen LogP contribution in [0.2, 0.25) is 0 Å². The summed E-state index contributed by atoms with van der Waals surface area (Å²) >= 11 is 0. The number of nitrogens with two attached hydrogens (primary N) is 1. The standard InChI is InChI=1S/C15H15FN2O2S/c1-10-8-13(3-4-14(10)16)21(19,20)18-7-6-11-9-12(17)2-5-15(11)18/h2-5,8-9H,6-7,17H2,1H3. The second-order valence-corrected chi connectivity index (χ2v) is 6.99. The molecule has 0 fully saturated rings. The molecular weight excluding hydrogens is 291 g/mol. The number of halogens is 1. The van der Waals surface area contributed by atoms with E-state index in [0.29, 0.717) is 29.9 Å². The van der Waals surface area contributed by atoms with Crippen molar-refractivity contribution in [3.05, 3.63) is 53.3 Å². The highest BCUT2D eigenvalue weighted by Crippen LogP contribution is 2.34. The number of hydrogen-bond donors (Lipinski definition) is 1. The molecule has 0 unspecified atom stereocenters. The van der Waals surface area contributed by atoms with Gasteiger partial charge in [-0.05, 0) is 60.9 Å². The van der Waals surface area contributed by atoms with Crippen LogP contribution in [0.4, 0.5) is 15.8 Å². The maximum Gasteiger partial charge on any atom is 0.264 e. The highest BCUT2D eigenvalue weighted by atomic mass is 32.2. The fraction of sp³-hybridized carbons (Fsp3) is 0.200. The lowest BCUT2D eigenvalue weighted by molar-refractivity contribution is 0.590. The molecule has 0 saturated heterocycles. The van der Waals surface area contributed by atoms with E-state index in [1.165, 1.54) is 22.5 Å². The van der Waals surface area contributed by atoms with Gasteiger partial charge in [0.25, 0.3) is 10.0 Å². The largest absolute Gasteiger partial charge is 0.399 e. The van der Waals surface area contributed by atoms with Gasteiger partial charge in [0.05, 0.1) is 10.6 Å². The summed E-state index contributed by atoms with van der Waals surface area (Å²) in [5, 5.41) is 0. The summed E-state index contributed by atoms with van der Waals surface area (Å²) < 4.78 is 40.1. The van der Waals surface area contributed by atoms with Crippen LogP contribution in [-0.4, -0.2) is 15.0 Å². The molecule has 4 nitrogen and oxygen atoms in total. The first-order valence-electron chi connectivity index (χ1n) is 6.57. The summed E-state index contributed by atoms with van der Waals surface area (Å²) in [6.07, 6.45) is 0.625. The average Bonchev–Trinajstić information content (AvgIpc) is 2.85. The Bertz CT molecular complexity index is 818. The molecule has 2 N–H and O–H groups in total. The summed E-state index contributed by atoms with van der Waals surface area (Å²) in [5.41, 5.74) is 8.21. The van der Waals surface area contributed by atoms with Gasteiger partial charge in [-0.25, -0.2) is 12.8 Å². The van der Waals surface area contributed by atoms with Gasteiger partial charge < -0.3 is 5.73 Å². The zero-order valence-electron chi connectivity index (χ0n) is 11.5. The van der Waals surface area contributed by atoms with Crippen LogP contribution in [-0.2, 0) is 16.4 Å². The zero-order chi connectivity index (χ0) is 15.2. The molecule has 0 atom stereocenters. The van der Waals surface area contributed by atoms with Crippen molar-refractivity contribution in [2.75, 3.05) is 16.6 Å². The van der Waals surface area contributed by atoms with Crippen LogP contribution in [0, 0.1) is 12.7 Å². The number of nitrogen functional groups attached to an aromatic ring is 1. The van der Waals surface area contributed by atoms with E-state index in [1.54, 1.807) is 25.1 Å². The smallest absolute Gasteiger partial charge is 0.264 e.